The van der Waals surface area contributed by atoms with Crippen molar-refractivity contribution in [2.45, 2.75) is 39.0 Å². The minimum absolute atomic E-state index is 0. The molecule has 3 N–H and O–H groups in total. The highest BCUT2D eigenvalue weighted by atomic mass is 127. The highest BCUT2D eigenvalue weighted by Crippen LogP contribution is 2.24. The van der Waals surface area contributed by atoms with Crippen LogP contribution in [0.2, 0.25) is 0 Å². The molecular formula is C22H28F3IN4O. The van der Waals surface area contributed by atoms with E-state index in [0.717, 1.165) is 18.2 Å². The Bertz CT molecular complexity index is 889. The third kappa shape index (κ3) is 7.27. The summed E-state index contributed by atoms with van der Waals surface area (Å²) in [6.07, 6.45) is 0.959. The summed E-state index contributed by atoms with van der Waals surface area (Å²) in [5.74, 6) is -0.897. The molecule has 170 valence electrons. The third-order valence-electron chi connectivity index (χ3n) is 5.04. The van der Waals surface area contributed by atoms with Gasteiger partial charge < -0.3 is 20.6 Å². The summed E-state index contributed by atoms with van der Waals surface area (Å²) < 4.78 is 41.7. The van der Waals surface area contributed by atoms with E-state index in [1.807, 2.05) is 17.9 Å². The van der Waals surface area contributed by atoms with Gasteiger partial charge in [-0.3, -0.25) is 0 Å². The summed E-state index contributed by atoms with van der Waals surface area (Å²) in [7, 11) is 0. The quantitative estimate of drug-likeness (QED) is 0.291. The van der Waals surface area contributed by atoms with Crippen molar-refractivity contribution in [3.63, 3.8) is 0 Å². The van der Waals surface area contributed by atoms with Gasteiger partial charge in [0.15, 0.2) is 5.96 Å². The number of nitrogens with zero attached hydrogens (tertiary/aromatic N) is 2. The second-order valence-electron chi connectivity index (χ2n) is 7.29. The molecule has 0 aromatic heterocycles. The fourth-order valence-corrected chi connectivity index (χ4v) is 3.38. The summed E-state index contributed by atoms with van der Waals surface area (Å²) in [6, 6.07) is 8.31. The van der Waals surface area contributed by atoms with Crippen molar-refractivity contribution >= 4 is 35.6 Å². The number of guanidine groups is 1. The number of rotatable bonds is 6. The largest absolute Gasteiger partial charge is 0.393 e. The van der Waals surface area contributed by atoms with E-state index in [0.29, 0.717) is 49.7 Å². The number of anilines is 1. The Labute approximate surface area is 197 Å². The molecular weight excluding hydrogens is 520 g/mol. The summed E-state index contributed by atoms with van der Waals surface area (Å²) in [4.78, 5) is 6.35. The molecule has 0 saturated carbocycles. The van der Waals surface area contributed by atoms with E-state index in [1.165, 1.54) is 6.07 Å². The lowest BCUT2D eigenvalue weighted by atomic mass is 10.1. The standard InChI is InChI=1S/C22H27F3N4O.HI/c1-2-26-22(28-14-16-12-17(23)4-5-19(16)24)27-13-15-3-6-21(20(25)11-15)29-9-7-18(30)8-10-29;/h3-6,11-12,18,30H,2,7-10,13-14H2,1H3,(H2,26,27,28);1H. The van der Waals surface area contributed by atoms with E-state index >= 15 is 0 Å². The van der Waals surface area contributed by atoms with Gasteiger partial charge in [0, 0.05) is 31.7 Å². The summed E-state index contributed by atoms with van der Waals surface area (Å²) >= 11 is 0. The van der Waals surface area contributed by atoms with E-state index < -0.39 is 11.6 Å². The van der Waals surface area contributed by atoms with Gasteiger partial charge >= 0.3 is 0 Å². The molecule has 2 aromatic rings. The molecule has 9 heteroatoms. The predicted octanol–water partition coefficient (Wildman–Crippen LogP) is 3.94. The van der Waals surface area contributed by atoms with Crippen LogP contribution in [0.3, 0.4) is 0 Å². The first-order valence-electron chi connectivity index (χ1n) is 10.1. The zero-order valence-electron chi connectivity index (χ0n) is 17.4. The number of halogens is 4. The number of aliphatic hydroxyl groups is 1. The normalized spacial score (nSPS) is 14.9. The van der Waals surface area contributed by atoms with Gasteiger partial charge in [-0.25, -0.2) is 18.2 Å². The number of aliphatic hydroxyl groups excluding tert-OH is 1. The number of benzene rings is 2. The fraction of sp³-hybridized carbons (Fsp3) is 0.409. The van der Waals surface area contributed by atoms with E-state index in [2.05, 4.69) is 15.6 Å². The number of hydrogen-bond acceptors (Lipinski definition) is 3. The molecule has 5 nitrogen and oxygen atoms in total. The Morgan fingerprint density at radius 1 is 1.06 bits per heavy atom. The van der Waals surface area contributed by atoms with Gasteiger partial charge in [0.25, 0.3) is 0 Å². The topological polar surface area (TPSA) is 59.9 Å². The second kappa shape index (κ2) is 12.1. The maximum atomic E-state index is 14.6. The third-order valence-corrected chi connectivity index (χ3v) is 5.04. The molecule has 1 saturated heterocycles. The zero-order valence-corrected chi connectivity index (χ0v) is 19.7. The van der Waals surface area contributed by atoms with Crippen LogP contribution in [0, 0.1) is 17.5 Å². The van der Waals surface area contributed by atoms with Crippen molar-refractivity contribution in [2.75, 3.05) is 24.5 Å². The maximum absolute atomic E-state index is 14.6. The number of piperidine rings is 1. The van der Waals surface area contributed by atoms with E-state index in [4.69, 9.17) is 0 Å². The molecule has 1 aliphatic rings. The predicted molar refractivity (Wildman–Crippen MR) is 127 cm³/mol. The number of hydrogen-bond donors (Lipinski definition) is 3. The van der Waals surface area contributed by atoms with Crippen LogP contribution in [0.1, 0.15) is 30.9 Å². The Kier molecular flexibility index (Phi) is 9.89. The molecule has 0 spiro atoms. The first kappa shape index (κ1) is 25.3. The molecule has 0 amide bonds. The molecule has 1 fully saturated rings. The van der Waals surface area contributed by atoms with Gasteiger partial charge in [-0.2, -0.15) is 0 Å². The van der Waals surface area contributed by atoms with E-state index in [9.17, 15) is 18.3 Å². The van der Waals surface area contributed by atoms with Crippen LogP contribution >= 0.6 is 24.0 Å². The Hall–Kier alpha value is -2.01. The molecule has 31 heavy (non-hydrogen) atoms. The van der Waals surface area contributed by atoms with Gasteiger partial charge in [-0.15, -0.1) is 24.0 Å². The van der Waals surface area contributed by atoms with Crippen LogP contribution in [0.5, 0.6) is 0 Å². The molecule has 0 aliphatic carbocycles. The van der Waals surface area contributed by atoms with Crippen molar-refractivity contribution in [1.82, 2.24) is 10.6 Å². The molecule has 0 unspecified atom stereocenters. The fourth-order valence-electron chi connectivity index (χ4n) is 3.38. The van der Waals surface area contributed by atoms with Crippen LogP contribution in [0.25, 0.3) is 0 Å². The average molecular weight is 548 g/mol. The van der Waals surface area contributed by atoms with Gasteiger partial charge in [0.1, 0.15) is 17.5 Å². The van der Waals surface area contributed by atoms with Crippen LogP contribution in [-0.4, -0.2) is 36.8 Å². The lowest BCUT2D eigenvalue weighted by Gasteiger charge is -2.31. The van der Waals surface area contributed by atoms with Crippen LogP contribution < -0.4 is 15.5 Å². The summed E-state index contributed by atoms with van der Waals surface area (Å²) in [5.41, 5.74) is 1.42. The molecule has 2 aromatic carbocycles. The average Bonchev–Trinajstić information content (AvgIpc) is 2.73. The van der Waals surface area contributed by atoms with Crippen molar-refractivity contribution in [3.05, 3.63) is 65.0 Å². The number of aliphatic imine (C=N–C) groups is 1. The van der Waals surface area contributed by atoms with E-state index in [1.54, 1.807) is 6.07 Å². The maximum Gasteiger partial charge on any atom is 0.191 e. The van der Waals surface area contributed by atoms with Crippen molar-refractivity contribution in [2.24, 2.45) is 4.99 Å². The van der Waals surface area contributed by atoms with Crippen molar-refractivity contribution in [1.29, 1.82) is 0 Å². The minimum atomic E-state index is -0.506. The highest BCUT2D eigenvalue weighted by Gasteiger charge is 2.19. The Morgan fingerprint density at radius 2 is 1.81 bits per heavy atom. The Morgan fingerprint density at radius 3 is 2.48 bits per heavy atom. The first-order valence-corrected chi connectivity index (χ1v) is 10.1. The van der Waals surface area contributed by atoms with Crippen molar-refractivity contribution < 1.29 is 18.3 Å². The highest BCUT2D eigenvalue weighted by molar-refractivity contribution is 14.0. The molecule has 0 bridgehead atoms. The van der Waals surface area contributed by atoms with Gasteiger partial charge in [0.2, 0.25) is 0 Å². The van der Waals surface area contributed by atoms with Gasteiger partial charge in [0.05, 0.1) is 18.3 Å². The summed E-state index contributed by atoms with van der Waals surface area (Å²) in [5, 5.41) is 15.6. The SMILES string of the molecule is CCNC(=NCc1ccc(N2CCC(O)CC2)c(F)c1)NCc1cc(F)ccc1F.I. The van der Waals surface area contributed by atoms with Crippen LogP contribution in [0.4, 0.5) is 18.9 Å². The van der Waals surface area contributed by atoms with Gasteiger partial charge in [-0.05, 0) is 55.7 Å². The Balaban J connectivity index is 0.00000341. The minimum Gasteiger partial charge on any atom is -0.393 e. The van der Waals surface area contributed by atoms with Crippen LogP contribution in [-0.2, 0) is 13.1 Å². The monoisotopic (exact) mass is 548 g/mol. The van der Waals surface area contributed by atoms with E-state index in [-0.39, 0.29) is 54.6 Å². The zero-order chi connectivity index (χ0) is 21.5. The first-order chi connectivity index (χ1) is 14.5. The van der Waals surface area contributed by atoms with Crippen molar-refractivity contribution in [3.8, 4) is 0 Å². The molecule has 3 rings (SSSR count). The molecule has 1 heterocycles. The van der Waals surface area contributed by atoms with Gasteiger partial charge in [-0.1, -0.05) is 6.07 Å². The molecule has 1 aliphatic heterocycles. The molecule has 0 radical (unpaired) electrons. The summed E-state index contributed by atoms with van der Waals surface area (Å²) in [6.45, 7) is 4.04. The molecule has 0 atom stereocenters. The number of nitrogens with one attached hydrogen (secondary N) is 2. The van der Waals surface area contributed by atoms with Crippen LogP contribution in [0.15, 0.2) is 41.4 Å². The second-order valence-corrected chi connectivity index (χ2v) is 7.29. The lowest BCUT2D eigenvalue weighted by Crippen LogP contribution is -2.37. The smallest absolute Gasteiger partial charge is 0.191 e. The lowest BCUT2D eigenvalue weighted by molar-refractivity contribution is 0.145.